The van der Waals surface area contributed by atoms with Crippen LogP contribution in [0.5, 0.6) is 11.5 Å². The van der Waals surface area contributed by atoms with Gasteiger partial charge in [0.1, 0.15) is 17.1 Å². The fourth-order valence-corrected chi connectivity index (χ4v) is 3.33. The summed E-state index contributed by atoms with van der Waals surface area (Å²) in [7, 11) is 1.53. The number of aromatic hydroxyl groups is 1. The number of benzene rings is 2. The van der Waals surface area contributed by atoms with Crippen molar-refractivity contribution in [1.82, 2.24) is 0 Å². The summed E-state index contributed by atoms with van der Waals surface area (Å²) >= 11 is 0. The van der Waals surface area contributed by atoms with Crippen LogP contribution in [-0.4, -0.2) is 23.9 Å². The maximum absolute atomic E-state index is 12.4. The Hall–Kier alpha value is -3.29. The van der Waals surface area contributed by atoms with E-state index in [-0.39, 0.29) is 17.9 Å². The molecule has 0 aliphatic heterocycles. The van der Waals surface area contributed by atoms with Crippen LogP contribution in [-0.2, 0) is 10.3 Å². The predicted octanol–water partition coefficient (Wildman–Crippen LogP) is 3.93. The Bertz CT molecular complexity index is 1100. The van der Waals surface area contributed by atoms with E-state index in [1.54, 1.807) is 30.3 Å². The second kappa shape index (κ2) is 7.38. The van der Waals surface area contributed by atoms with Gasteiger partial charge in [0.05, 0.1) is 24.5 Å². The molecular formula is C20H21NO7. The molecular weight excluding hydrogens is 366 g/mol. The van der Waals surface area contributed by atoms with Crippen LogP contribution in [0.3, 0.4) is 0 Å². The van der Waals surface area contributed by atoms with Gasteiger partial charge in [-0.1, -0.05) is 13.8 Å². The van der Waals surface area contributed by atoms with Crippen molar-refractivity contribution < 1.29 is 24.2 Å². The lowest BCUT2D eigenvalue weighted by molar-refractivity contribution is -0.757. The molecule has 0 amide bonds. The van der Waals surface area contributed by atoms with Crippen LogP contribution in [0.4, 0.5) is 0 Å². The van der Waals surface area contributed by atoms with E-state index in [9.17, 15) is 20.0 Å². The van der Waals surface area contributed by atoms with E-state index < -0.39 is 16.1 Å². The quantitative estimate of drug-likeness (QED) is 0.215. The van der Waals surface area contributed by atoms with Crippen molar-refractivity contribution in [3.8, 4) is 11.5 Å². The molecule has 3 rings (SSSR count). The first-order chi connectivity index (χ1) is 13.2. The van der Waals surface area contributed by atoms with E-state index in [1.165, 1.54) is 7.11 Å². The van der Waals surface area contributed by atoms with E-state index in [4.69, 9.17) is 9.15 Å². The minimum Gasteiger partial charge on any atom is -0.507 e. The lowest BCUT2D eigenvalue weighted by Gasteiger charge is -2.25. The summed E-state index contributed by atoms with van der Waals surface area (Å²) in [5, 5.41) is 21.5. The maximum atomic E-state index is 12.4. The van der Waals surface area contributed by atoms with E-state index in [1.807, 2.05) is 13.8 Å². The largest absolute Gasteiger partial charge is 0.507 e. The number of methoxy groups -OCH3 is 1. The molecule has 1 heterocycles. The van der Waals surface area contributed by atoms with Crippen molar-refractivity contribution in [1.29, 1.82) is 0 Å². The van der Waals surface area contributed by atoms with E-state index >= 15 is 0 Å². The molecule has 1 N–H and O–H groups in total. The molecule has 0 aliphatic carbocycles. The van der Waals surface area contributed by atoms with Crippen molar-refractivity contribution in [2.24, 2.45) is 0 Å². The summed E-state index contributed by atoms with van der Waals surface area (Å²) in [6, 6.07) is 8.31. The fraction of sp³-hybridized carbons (Fsp3) is 0.350. The zero-order chi connectivity index (χ0) is 20.5. The third-order valence-electron chi connectivity index (χ3n) is 4.92. The van der Waals surface area contributed by atoms with Gasteiger partial charge in [0.25, 0.3) is 5.09 Å². The molecule has 0 atom stereocenters. The fourth-order valence-electron chi connectivity index (χ4n) is 3.33. The van der Waals surface area contributed by atoms with Crippen molar-refractivity contribution in [2.75, 3.05) is 13.7 Å². The van der Waals surface area contributed by atoms with E-state index in [0.29, 0.717) is 34.7 Å². The Labute approximate surface area is 160 Å². The molecule has 0 bridgehead atoms. The molecule has 8 heteroatoms. The SMILES string of the molecule is COc1ccc2c(=O)oc3cc(C(C)(C)CCCO[N+](=O)[O-])cc(O)c3c2c1. The van der Waals surface area contributed by atoms with Gasteiger partial charge in [0.2, 0.25) is 0 Å². The van der Waals surface area contributed by atoms with Crippen LogP contribution < -0.4 is 10.4 Å². The number of ether oxygens (including phenoxy) is 1. The monoisotopic (exact) mass is 387 g/mol. The standard InChI is InChI=1S/C20H21NO7/c1-20(2,7-4-8-27-21(24)25)12-9-16(22)18-15-11-13(26-3)5-6-14(15)19(23)28-17(18)10-12/h5-6,9-11,22H,4,7-8H2,1-3H3. The molecule has 28 heavy (non-hydrogen) atoms. The van der Waals surface area contributed by atoms with Gasteiger partial charge in [-0.2, -0.15) is 0 Å². The predicted molar refractivity (Wildman–Crippen MR) is 103 cm³/mol. The van der Waals surface area contributed by atoms with Crippen LogP contribution in [0.1, 0.15) is 32.3 Å². The lowest BCUT2D eigenvalue weighted by atomic mass is 9.80. The molecule has 148 valence electrons. The Morgan fingerprint density at radius 2 is 1.96 bits per heavy atom. The first-order valence-electron chi connectivity index (χ1n) is 8.78. The molecule has 3 aromatic rings. The highest BCUT2D eigenvalue weighted by Gasteiger charge is 2.23. The smallest absolute Gasteiger partial charge is 0.344 e. The van der Waals surface area contributed by atoms with Crippen molar-refractivity contribution in [3.05, 3.63) is 56.4 Å². The normalized spacial score (nSPS) is 11.7. The van der Waals surface area contributed by atoms with Crippen molar-refractivity contribution in [3.63, 3.8) is 0 Å². The molecule has 1 aromatic heterocycles. The molecule has 0 fully saturated rings. The van der Waals surface area contributed by atoms with Crippen molar-refractivity contribution in [2.45, 2.75) is 32.1 Å². The van der Waals surface area contributed by atoms with Crippen LogP contribution >= 0.6 is 0 Å². The minimum absolute atomic E-state index is 0.00446. The Morgan fingerprint density at radius 1 is 1.21 bits per heavy atom. The first kappa shape index (κ1) is 19.5. The highest BCUT2D eigenvalue weighted by molar-refractivity contribution is 6.08. The number of hydrogen-bond donors (Lipinski definition) is 1. The summed E-state index contributed by atoms with van der Waals surface area (Å²) in [6.45, 7) is 3.89. The maximum Gasteiger partial charge on any atom is 0.344 e. The summed E-state index contributed by atoms with van der Waals surface area (Å²) in [4.78, 5) is 27.0. The number of phenolic OH excluding ortho intramolecular Hbond substituents is 1. The van der Waals surface area contributed by atoms with Crippen LogP contribution in [0, 0.1) is 10.1 Å². The number of fused-ring (bicyclic) bond motifs is 3. The lowest BCUT2D eigenvalue weighted by Crippen LogP contribution is -2.18. The second-order valence-electron chi connectivity index (χ2n) is 7.21. The molecule has 8 nitrogen and oxygen atoms in total. The molecule has 0 saturated heterocycles. The minimum atomic E-state index is -0.817. The number of phenols is 1. The average molecular weight is 387 g/mol. The van der Waals surface area contributed by atoms with Gasteiger partial charge in [-0.25, -0.2) is 4.79 Å². The Kier molecular flexibility index (Phi) is 5.13. The third kappa shape index (κ3) is 3.71. The highest BCUT2D eigenvalue weighted by atomic mass is 16.9. The van der Waals surface area contributed by atoms with Gasteiger partial charge < -0.3 is 19.1 Å². The van der Waals surface area contributed by atoms with Crippen molar-refractivity contribution >= 4 is 21.7 Å². The first-order valence-corrected chi connectivity index (χ1v) is 8.78. The number of hydrogen-bond acceptors (Lipinski definition) is 7. The molecule has 0 spiro atoms. The summed E-state index contributed by atoms with van der Waals surface area (Å²) in [6.07, 6.45) is 1.04. The number of rotatable bonds is 7. The molecule has 0 unspecified atom stereocenters. The van der Waals surface area contributed by atoms with Crippen LogP contribution in [0.25, 0.3) is 21.7 Å². The average Bonchev–Trinajstić information content (AvgIpc) is 2.64. The summed E-state index contributed by atoms with van der Waals surface area (Å²) in [5.74, 6) is 0.554. The summed E-state index contributed by atoms with van der Waals surface area (Å²) < 4.78 is 10.7. The zero-order valence-electron chi connectivity index (χ0n) is 15.9. The zero-order valence-corrected chi connectivity index (χ0v) is 15.9. The van der Waals surface area contributed by atoms with E-state index in [2.05, 4.69) is 4.84 Å². The Balaban J connectivity index is 2.06. The van der Waals surface area contributed by atoms with Gasteiger partial charge >= 0.3 is 5.63 Å². The second-order valence-corrected chi connectivity index (χ2v) is 7.21. The molecule has 2 aromatic carbocycles. The topological polar surface area (TPSA) is 112 Å². The van der Waals surface area contributed by atoms with Gasteiger partial charge in [-0.05, 0) is 54.2 Å². The molecule has 0 saturated carbocycles. The molecule has 0 radical (unpaired) electrons. The summed E-state index contributed by atoms with van der Waals surface area (Å²) in [5.41, 5.74) is 0.103. The van der Waals surface area contributed by atoms with Crippen LogP contribution in [0.2, 0.25) is 0 Å². The van der Waals surface area contributed by atoms with E-state index in [0.717, 1.165) is 5.56 Å². The van der Waals surface area contributed by atoms with Crippen LogP contribution in [0.15, 0.2) is 39.5 Å². The molecule has 0 aliphatic rings. The van der Waals surface area contributed by atoms with Gasteiger partial charge in [-0.3, -0.25) is 0 Å². The third-order valence-corrected chi connectivity index (χ3v) is 4.92. The number of nitrogens with zero attached hydrogens (tertiary/aromatic N) is 1. The highest BCUT2D eigenvalue weighted by Crippen LogP contribution is 2.38. The van der Waals surface area contributed by atoms with Gasteiger partial charge in [-0.15, -0.1) is 10.1 Å². The Morgan fingerprint density at radius 3 is 2.64 bits per heavy atom. The van der Waals surface area contributed by atoms with Gasteiger partial charge in [0.15, 0.2) is 0 Å². The van der Waals surface area contributed by atoms with Gasteiger partial charge in [0, 0.05) is 5.39 Å².